The van der Waals surface area contributed by atoms with Crippen LogP contribution in [0.2, 0.25) is 0 Å². The second kappa shape index (κ2) is 7.25. The molecule has 70 valence electrons. The van der Waals surface area contributed by atoms with E-state index in [-0.39, 0.29) is 4.49 Å². The lowest BCUT2D eigenvalue weighted by Gasteiger charge is -1.99. The monoisotopic (exact) mass is 290 g/mol. The topological polar surface area (TPSA) is 0 Å². The third-order valence-electron chi connectivity index (χ3n) is 1.37. The van der Waals surface area contributed by atoms with Gasteiger partial charge in [0.05, 0.1) is 0 Å². The largest absolute Gasteiger partial charge is 0.121 e. The van der Waals surface area contributed by atoms with Crippen LogP contribution in [0.1, 0.15) is 19.8 Å². The molecule has 0 aliphatic carbocycles. The van der Waals surface area contributed by atoms with E-state index >= 15 is 0 Å². The summed E-state index contributed by atoms with van der Waals surface area (Å²) in [6, 6.07) is 0. The van der Waals surface area contributed by atoms with Crippen molar-refractivity contribution in [3.05, 3.63) is 21.2 Å². The van der Waals surface area contributed by atoms with Gasteiger partial charge in [-0.1, -0.05) is 62.4 Å². The van der Waals surface area contributed by atoms with Gasteiger partial charge in [0.25, 0.3) is 0 Å². The van der Waals surface area contributed by atoms with Gasteiger partial charge in [0, 0.05) is 10.4 Å². The van der Waals surface area contributed by atoms with Crippen molar-refractivity contribution in [1.82, 2.24) is 0 Å². The predicted octanol–water partition coefficient (Wildman–Crippen LogP) is 4.99. The molecular weight excluding hydrogens is 282 g/mol. The van der Waals surface area contributed by atoms with Crippen LogP contribution in [0.3, 0.4) is 0 Å². The maximum Gasteiger partial charge on any atom is 0.121 e. The predicted molar refractivity (Wildman–Crippen MR) is 61.4 cm³/mol. The van der Waals surface area contributed by atoms with Crippen molar-refractivity contribution < 1.29 is 0 Å². The lowest BCUT2D eigenvalue weighted by Crippen LogP contribution is -1.80. The normalized spacial score (nSPS) is 11.6. The van der Waals surface area contributed by atoms with Crippen molar-refractivity contribution in [2.75, 3.05) is 5.33 Å². The number of halogens is 4. The molecule has 0 saturated carbocycles. The van der Waals surface area contributed by atoms with Gasteiger partial charge < -0.3 is 0 Å². The summed E-state index contributed by atoms with van der Waals surface area (Å²) >= 11 is 20.0. The van der Waals surface area contributed by atoms with Crippen LogP contribution in [0.25, 0.3) is 0 Å². The van der Waals surface area contributed by atoms with Crippen LogP contribution in [0.4, 0.5) is 0 Å². The van der Waals surface area contributed by atoms with Crippen LogP contribution in [-0.2, 0) is 0 Å². The van der Waals surface area contributed by atoms with Gasteiger partial charge in [0.15, 0.2) is 0 Å². The van der Waals surface area contributed by atoms with Crippen LogP contribution in [0.15, 0.2) is 21.2 Å². The summed E-state index contributed by atoms with van der Waals surface area (Å²) in [5.41, 5.74) is 1.28. The molecule has 0 atom stereocenters. The zero-order valence-corrected chi connectivity index (χ0v) is 10.6. The third kappa shape index (κ3) is 6.36. The Morgan fingerprint density at radius 3 is 2.25 bits per heavy atom. The quantitative estimate of drug-likeness (QED) is 0.505. The van der Waals surface area contributed by atoms with E-state index in [1.54, 1.807) is 0 Å². The number of allylic oxidation sites excluding steroid dienone is 3. The van der Waals surface area contributed by atoms with Gasteiger partial charge >= 0.3 is 0 Å². The molecule has 0 aliphatic heterocycles. The summed E-state index contributed by atoms with van der Waals surface area (Å²) in [7, 11) is 0. The molecule has 0 aromatic heterocycles. The molecule has 0 spiro atoms. The molecule has 0 unspecified atom stereocenters. The highest BCUT2D eigenvalue weighted by Crippen LogP contribution is 2.23. The van der Waals surface area contributed by atoms with Crippen LogP contribution < -0.4 is 0 Å². The molecule has 12 heavy (non-hydrogen) atoms. The van der Waals surface area contributed by atoms with E-state index < -0.39 is 0 Å². The van der Waals surface area contributed by atoms with E-state index in [4.69, 9.17) is 34.8 Å². The minimum absolute atomic E-state index is 0.170. The summed E-state index contributed by atoms with van der Waals surface area (Å²) in [6.45, 7) is 2.05. The fourth-order valence-corrected chi connectivity index (χ4v) is 1.47. The first-order chi connectivity index (χ1) is 5.57. The standard InChI is InChI=1S/C8H10BrCl3/c1-6(4-5-9)2-3-7(10)8(11)12/h4H,2-3,5H2,1H3. The second-order valence-corrected chi connectivity index (χ2v) is 4.42. The summed E-state index contributed by atoms with van der Waals surface area (Å²) in [6.07, 6.45) is 3.69. The van der Waals surface area contributed by atoms with Crippen LogP contribution in [0, 0.1) is 0 Å². The van der Waals surface area contributed by atoms with Crippen molar-refractivity contribution in [2.45, 2.75) is 19.8 Å². The van der Waals surface area contributed by atoms with E-state index in [1.165, 1.54) is 5.57 Å². The van der Waals surface area contributed by atoms with E-state index in [0.29, 0.717) is 11.5 Å². The minimum Gasteiger partial charge on any atom is -0.0883 e. The Balaban J connectivity index is 3.84. The molecule has 0 amide bonds. The lowest BCUT2D eigenvalue weighted by atomic mass is 10.1. The Hall–Kier alpha value is 0.830. The molecule has 0 N–H and O–H groups in total. The Morgan fingerprint density at radius 1 is 1.25 bits per heavy atom. The molecule has 0 aliphatic rings. The van der Waals surface area contributed by atoms with Gasteiger partial charge in [-0.05, 0) is 19.8 Å². The zero-order valence-electron chi connectivity index (χ0n) is 6.71. The van der Waals surface area contributed by atoms with Crippen molar-refractivity contribution >= 4 is 50.7 Å². The summed E-state index contributed by atoms with van der Waals surface area (Å²) in [5, 5.41) is 1.40. The summed E-state index contributed by atoms with van der Waals surface area (Å²) < 4.78 is 0.170. The fraction of sp³-hybridized carbons (Fsp3) is 0.500. The van der Waals surface area contributed by atoms with Crippen molar-refractivity contribution in [1.29, 1.82) is 0 Å². The zero-order chi connectivity index (χ0) is 9.56. The number of hydrogen-bond donors (Lipinski definition) is 0. The SMILES string of the molecule is CC(=CCBr)CCC(Cl)=C(Cl)Cl. The molecule has 0 aromatic carbocycles. The van der Waals surface area contributed by atoms with Crippen LogP contribution >= 0.6 is 50.7 Å². The first-order valence-electron chi connectivity index (χ1n) is 3.49. The molecule has 4 heteroatoms. The first-order valence-corrected chi connectivity index (χ1v) is 5.74. The first kappa shape index (κ1) is 12.8. The highest BCUT2D eigenvalue weighted by molar-refractivity contribution is 9.09. The van der Waals surface area contributed by atoms with Gasteiger partial charge in [-0.25, -0.2) is 0 Å². The van der Waals surface area contributed by atoms with Gasteiger partial charge in [-0.15, -0.1) is 0 Å². The third-order valence-corrected chi connectivity index (χ3v) is 2.72. The Bertz CT molecular complexity index is 192. The Labute approximate surface area is 96.7 Å². The Kier molecular flexibility index (Phi) is 7.76. The molecule has 0 aromatic rings. The molecule has 0 fully saturated rings. The fourth-order valence-electron chi connectivity index (χ4n) is 0.635. The molecule has 0 heterocycles. The highest BCUT2D eigenvalue weighted by atomic mass is 79.9. The van der Waals surface area contributed by atoms with Crippen molar-refractivity contribution in [3.63, 3.8) is 0 Å². The Morgan fingerprint density at radius 2 is 1.83 bits per heavy atom. The maximum atomic E-state index is 5.74. The van der Waals surface area contributed by atoms with Crippen molar-refractivity contribution in [2.24, 2.45) is 0 Å². The van der Waals surface area contributed by atoms with E-state index in [1.807, 2.05) is 6.92 Å². The second-order valence-electron chi connectivity index (χ2n) is 2.37. The molecule has 0 saturated heterocycles. The average molecular weight is 292 g/mol. The van der Waals surface area contributed by atoms with E-state index in [0.717, 1.165) is 11.8 Å². The minimum atomic E-state index is 0.170. The highest BCUT2D eigenvalue weighted by Gasteiger charge is 1.99. The van der Waals surface area contributed by atoms with Gasteiger partial charge in [0.1, 0.15) is 4.49 Å². The smallest absolute Gasteiger partial charge is 0.0883 e. The summed E-state index contributed by atoms with van der Waals surface area (Å²) in [5.74, 6) is 0. The van der Waals surface area contributed by atoms with Gasteiger partial charge in [-0.3, -0.25) is 0 Å². The van der Waals surface area contributed by atoms with Crippen LogP contribution in [-0.4, -0.2) is 5.33 Å². The van der Waals surface area contributed by atoms with E-state index in [2.05, 4.69) is 22.0 Å². The number of rotatable bonds is 4. The maximum absolute atomic E-state index is 5.74. The molecule has 0 rings (SSSR count). The molecular formula is C8H10BrCl3. The van der Waals surface area contributed by atoms with Gasteiger partial charge in [-0.2, -0.15) is 0 Å². The number of alkyl halides is 1. The van der Waals surface area contributed by atoms with Crippen LogP contribution in [0.5, 0.6) is 0 Å². The van der Waals surface area contributed by atoms with Crippen molar-refractivity contribution in [3.8, 4) is 0 Å². The van der Waals surface area contributed by atoms with Gasteiger partial charge in [0.2, 0.25) is 0 Å². The molecule has 0 radical (unpaired) electrons. The lowest BCUT2D eigenvalue weighted by molar-refractivity contribution is 0.962. The average Bonchev–Trinajstić information content (AvgIpc) is 2.00. The van der Waals surface area contributed by atoms with E-state index in [9.17, 15) is 0 Å². The molecule has 0 bridgehead atoms. The number of hydrogen-bond acceptors (Lipinski definition) is 0. The molecule has 0 nitrogen and oxygen atoms in total. The summed E-state index contributed by atoms with van der Waals surface area (Å²) in [4.78, 5) is 0.